The second kappa shape index (κ2) is 7.04. The van der Waals surface area contributed by atoms with Crippen molar-refractivity contribution in [3.8, 4) is 17.6 Å². The molecule has 1 heterocycles. The maximum Gasteiger partial charge on any atom is 0.322 e. The van der Waals surface area contributed by atoms with E-state index in [2.05, 4.69) is 22.1 Å². The van der Waals surface area contributed by atoms with E-state index in [1.165, 1.54) is 36.5 Å². The second-order valence-electron chi connectivity index (χ2n) is 4.43. The zero-order valence-electron chi connectivity index (χ0n) is 11.7. The molecular formula is C16H11FN2O4. The number of carboxylic acid groups (broad SMARTS) is 1. The average molecular weight is 314 g/mol. The molecule has 7 heteroatoms. The van der Waals surface area contributed by atoms with Crippen molar-refractivity contribution in [1.29, 1.82) is 0 Å². The fraction of sp³-hybridized carbons (Fsp3) is 0.0625. The Morgan fingerprint density at radius 2 is 1.83 bits per heavy atom. The summed E-state index contributed by atoms with van der Waals surface area (Å²) in [5, 5.41) is 20.3. The number of aliphatic carboxylic acids is 1. The van der Waals surface area contributed by atoms with Gasteiger partial charge in [0.15, 0.2) is 5.69 Å². The molecule has 2 rings (SSSR count). The fourth-order valence-corrected chi connectivity index (χ4v) is 1.61. The molecule has 1 aromatic carbocycles. The van der Waals surface area contributed by atoms with Gasteiger partial charge in [0, 0.05) is 17.3 Å². The monoisotopic (exact) mass is 314 g/mol. The first-order chi connectivity index (χ1) is 11.0. The molecule has 3 N–H and O–H groups in total. The van der Waals surface area contributed by atoms with Gasteiger partial charge >= 0.3 is 5.97 Å². The molecule has 0 saturated carbocycles. The molecule has 0 aliphatic carbocycles. The number of aromatic hydroxyl groups is 1. The summed E-state index contributed by atoms with van der Waals surface area (Å²) in [6, 6.07) is 6.79. The number of carbonyl (C=O) groups excluding carboxylic acids is 1. The molecule has 1 amide bonds. The molecule has 0 fully saturated rings. The lowest BCUT2D eigenvalue weighted by Crippen LogP contribution is -2.29. The second-order valence-corrected chi connectivity index (χ2v) is 4.43. The molecule has 0 atom stereocenters. The lowest BCUT2D eigenvalue weighted by Gasteiger charge is -2.04. The lowest BCUT2D eigenvalue weighted by molar-refractivity contribution is -0.135. The molecule has 6 nitrogen and oxygen atoms in total. The van der Waals surface area contributed by atoms with Gasteiger partial charge in [-0.3, -0.25) is 9.59 Å². The van der Waals surface area contributed by atoms with E-state index in [0.29, 0.717) is 11.1 Å². The Labute approximate surface area is 130 Å². The Hall–Kier alpha value is -3.40. The van der Waals surface area contributed by atoms with Crippen molar-refractivity contribution in [3.05, 3.63) is 59.2 Å². The maximum absolute atomic E-state index is 12.8. The average Bonchev–Trinajstić information content (AvgIpc) is 2.52. The molecule has 0 radical (unpaired) electrons. The Morgan fingerprint density at radius 1 is 1.17 bits per heavy atom. The number of hydrogen-bond acceptors (Lipinski definition) is 4. The molecule has 0 spiro atoms. The zero-order chi connectivity index (χ0) is 16.8. The minimum absolute atomic E-state index is 0.293. The summed E-state index contributed by atoms with van der Waals surface area (Å²) in [4.78, 5) is 25.8. The Kier molecular flexibility index (Phi) is 4.89. The Morgan fingerprint density at radius 3 is 2.43 bits per heavy atom. The molecule has 0 aliphatic heterocycles. The molecule has 0 aliphatic rings. The third kappa shape index (κ3) is 4.54. The van der Waals surface area contributed by atoms with Gasteiger partial charge in [-0.25, -0.2) is 9.37 Å². The minimum Gasteiger partial charge on any atom is -0.505 e. The highest BCUT2D eigenvalue weighted by Crippen LogP contribution is 2.15. The summed E-state index contributed by atoms with van der Waals surface area (Å²) >= 11 is 0. The van der Waals surface area contributed by atoms with Gasteiger partial charge in [0.05, 0.1) is 0 Å². The maximum atomic E-state index is 12.8. The summed E-state index contributed by atoms with van der Waals surface area (Å²) in [5.74, 6) is 2.68. The normalized spacial score (nSPS) is 9.61. The van der Waals surface area contributed by atoms with Crippen molar-refractivity contribution in [3.63, 3.8) is 0 Å². The molecule has 0 bridgehead atoms. The molecule has 2 aromatic rings. The molecule has 116 valence electrons. The summed E-state index contributed by atoms with van der Waals surface area (Å²) < 4.78 is 12.8. The van der Waals surface area contributed by atoms with Crippen LogP contribution in [-0.2, 0) is 4.79 Å². The molecule has 23 heavy (non-hydrogen) atoms. The van der Waals surface area contributed by atoms with Crippen molar-refractivity contribution in [2.45, 2.75) is 0 Å². The number of aromatic nitrogens is 1. The van der Waals surface area contributed by atoms with Crippen molar-refractivity contribution >= 4 is 11.9 Å². The van der Waals surface area contributed by atoms with Crippen LogP contribution in [0.1, 0.15) is 21.6 Å². The van der Waals surface area contributed by atoms with Gasteiger partial charge in [0.25, 0.3) is 5.91 Å². The quantitative estimate of drug-likeness (QED) is 0.738. The van der Waals surface area contributed by atoms with Crippen molar-refractivity contribution in [1.82, 2.24) is 10.3 Å². The molecule has 0 unspecified atom stereocenters. The van der Waals surface area contributed by atoms with E-state index in [1.807, 2.05) is 0 Å². The number of nitrogens with one attached hydrogen (secondary N) is 1. The number of pyridine rings is 1. The van der Waals surface area contributed by atoms with E-state index in [4.69, 9.17) is 5.11 Å². The van der Waals surface area contributed by atoms with Gasteiger partial charge in [-0.1, -0.05) is 11.8 Å². The van der Waals surface area contributed by atoms with Crippen LogP contribution in [0.3, 0.4) is 0 Å². The van der Waals surface area contributed by atoms with Gasteiger partial charge in [-0.2, -0.15) is 0 Å². The summed E-state index contributed by atoms with van der Waals surface area (Å²) in [5.41, 5.74) is 0.634. The van der Waals surface area contributed by atoms with Crippen LogP contribution in [0.25, 0.3) is 0 Å². The van der Waals surface area contributed by atoms with Crippen LogP contribution in [0.2, 0.25) is 0 Å². The van der Waals surface area contributed by atoms with Crippen molar-refractivity contribution < 1.29 is 24.2 Å². The number of carbonyl (C=O) groups is 2. The predicted molar refractivity (Wildman–Crippen MR) is 78.3 cm³/mol. The van der Waals surface area contributed by atoms with E-state index in [1.54, 1.807) is 0 Å². The van der Waals surface area contributed by atoms with Crippen molar-refractivity contribution in [2.75, 3.05) is 6.54 Å². The van der Waals surface area contributed by atoms with Gasteiger partial charge in [0.2, 0.25) is 0 Å². The third-order valence-electron chi connectivity index (χ3n) is 2.68. The summed E-state index contributed by atoms with van der Waals surface area (Å²) in [6.45, 7) is -0.577. The zero-order valence-corrected chi connectivity index (χ0v) is 11.7. The van der Waals surface area contributed by atoms with Crippen LogP contribution < -0.4 is 5.32 Å². The minimum atomic E-state index is -1.21. The van der Waals surface area contributed by atoms with Crippen molar-refractivity contribution in [2.24, 2.45) is 0 Å². The Balaban J connectivity index is 2.15. The fourth-order valence-electron chi connectivity index (χ4n) is 1.61. The molecular weight excluding hydrogens is 303 g/mol. The SMILES string of the molecule is O=C(O)CNC(=O)c1ncc(C#Cc2ccc(F)cc2)cc1O. The number of halogens is 1. The van der Waals surface area contributed by atoms with E-state index < -0.39 is 24.2 Å². The van der Waals surface area contributed by atoms with Gasteiger partial charge in [0.1, 0.15) is 18.1 Å². The van der Waals surface area contributed by atoms with Gasteiger partial charge in [-0.15, -0.1) is 0 Å². The van der Waals surface area contributed by atoms with Crippen LogP contribution in [0.15, 0.2) is 36.5 Å². The first-order valence-electron chi connectivity index (χ1n) is 6.42. The predicted octanol–water partition coefficient (Wildman–Crippen LogP) is 1.14. The van der Waals surface area contributed by atoms with Crippen LogP contribution in [-0.4, -0.2) is 33.6 Å². The largest absolute Gasteiger partial charge is 0.505 e. The van der Waals surface area contributed by atoms with Crippen LogP contribution in [0.5, 0.6) is 5.75 Å². The standard InChI is InChI=1S/C16H11FN2O4/c17-12-5-3-10(4-6-12)1-2-11-7-13(20)15(18-8-11)16(23)19-9-14(21)22/h3-8,20H,9H2,(H,19,23)(H,21,22). The highest BCUT2D eigenvalue weighted by Gasteiger charge is 2.13. The topological polar surface area (TPSA) is 99.5 Å². The van der Waals surface area contributed by atoms with E-state index in [9.17, 15) is 19.1 Å². The Bertz CT molecular complexity index is 807. The van der Waals surface area contributed by atoms with Gasteiger partial charge in [-0.05, 0) is 30.3 Å². The highest BCUT2D eigenvalue weighted by atomic mass is 19.1. The highest BCUT2D eigenvalue weighted by molar-refractivity contribution is 5.96. The van der Waals surface area contributed by atoms with E-state index >= 15 is 0 Å². The number of hydrogen-bond donors (Lipinski definition) is 3. The van der Waals surface area contributed by atoms with Gasteiger partial charge < -0.3 is 15.5 Å². The lowest BCUT2D eigenvalue weighted by atomic mass is 10.2. The number of amides is 1. The van der Waals surface area contributed by atoms with Crippen LogP contribution in [0.4, 0.5) is 4.39 Å². The van der Waals surface area contributed by atoms with Crippen LogP contribution >= 0.6 is 0 Å². The summed E-state index contributed by atoms with van der Waals surface area (Å²) in [6.07, 6.45) is 1.27. The molecule has 0 saturated heterocycles. The summed E-state index contributed by atoms with van der Waals surface area (Å²) in [7, 11) is 0. The first-order valence-corrected chi connectivity index (χ1v) is 6.42. The molecule has 1 aromatic heterocycles. The number of benzene rings is 1. The van der Waals surface area contributed by atoms with E-state index in [0.717, 1.165) is 0 Å². The third-order valence-corrected chi connectivity index (χ3v) is 2.68. The van der Waals surface area contributed by atoms with E-state index in [-0.39, 0.29) is 11.5 Å². The number of rotatable bonds is 3. The van der Waals surface area contributed by atoms with Crippen LogP contribution in [0, 0.1) is 17.7 Å². The first kappa shape index (κ1) is 16.0. The smallest absolute Gasteiger partial charge is 0.322 e. The number of nitrogens with zero attached hydrogens (tertiary/aromatic N) is 1. The number of carboxylic acids is 1.